The minimum Gasteiger partial charge on any atom is -0.268 e. The normalized spacial score (nSPS) is 16.0. The Labute approximate surface area is 152 Å². The van der Waals surface area contributed by atoms with E-state index in [9.17, 15) is 9.59 Å². The Balaban J connectivity index is 1.62. The molecule has 0 aliphatic carbocycles. The molecule has 2 amide bonds. The largest absolute Gasteiger partial charge is 0.293 e. The molecule has 2 aromatic carbocycles. The molecule has 3 rings (SSSR count). The molecule has 0 unspecified atom stereocenters. The second-order valence-corrected chi connectivity index (χ2v) is 7.01. The van der Waals surface area contributed by atoms with E-state index >= 15 is 0 Å². The average molecular weight is 351 g/mol. The van der Waals surface area contributed by atoms with E-state index in [-0.39, 0.29) is 11.1 Å². The lowest BCUT2D eigenvalue weighted by molar-refractivity contribution is -0.122. The SMILES string of the molecule is CCc1ccc(/C=C2\SC(=O)N(CCCc3ccccc3)C2=O)cc1. The molecule has 1 fully saturated rings. The van der Waals surface area contributed by atoms with Crippen molar-refractivity contribution < 1.29 is 9.59 Å². The molecule has 4 heteroatoms. The summed E-state index contributed by atoms with van der Waals surface area (Å²) in [5.41, 5.74) is 3.43. The van der Waals surface area contributed by atoms with Crippen molar-refractivity contribution in [3.8, 4) is 0 Å². The summed E-state index contributed by atoms with van der Waals surface area (Å²) >= 11 is 1.03. The Morgan fingerprint density at radius 1 is 0.960 bits per heavy atom. The Morgan fingerprint density at radius 2 is 1.68 bits per heavy atom. The third-order valence-corrected chi connectivity index (χ3v) is 5.16. The van der Waals surface area contributed by atoms with E-state index in [2.05, 4.69) is 31.2 Å². The first-order chi connectivity index (χ1) is 12.2. The first kappa shape index (κ1) is 17.5. The van der Waals surface area contributed by atoms with E-state index in [1.807, 2.05) is 36.4 Å². The molecule has 3 nitrogen and oxygen atoms in total. The van der Waals surface area contributed by atoms with Crippen LogP contribution in [0.5, 0.6) is 0 Å². The van der Waals surface area contributed by atoms with Crippen LogP contribution < -0.4 is 0 Å². The number of carbonyl (C=O) groups excluding carboxylic acids is 2. The highest BCUT2D eigenvalue weighted by molar-refractivity contribution is 8.18. The van der Waals surface area contributed by atoms with Crippen LogP contribution in [0.25, 0.3) is 6.08 Å². The second kappa shape index (κ2) is 8.17. The van der Waals surface area contributed by atoms with Gasteiger partial charge in [-0.2, -0.15) is 0 Å². The van der Waals surface area contributed by atoms with E-state index < -0.39 is 0 Å². The number of rotatable bonds is 6. The first-order valence-electron chi connectivity index (χ1n) is 8.55. The number of carbonyl (C=O) groups is 2. The van der Waals surface area contributed by atoms with Crippen LogP contribution in [-0.2, 0) is 17.6 Å². The van der Waals surface area contributed by atoms with Crippen molar-refractivity contribution in [2.45, 2.75) is 26.2 Å². The van der Waals surface area contributed by atoms with Crippen molar-refractivity contribution in [2.24, 2.45) is 0 Å². The van der Waals surface area contributed by atoms with Crippen LogP contribution in [0.2, 0.25) is 0 Å². The fourth-order valence-electron chi connectivity index (χ4n) is 2.78. The van der Waals surface area contributed by atoms with Gasteiger partial charge in [-0.05, 0) is 53.8 Å². The molecular weight excluding hydrogens is 330 g/mol. The molecular formula is C21H21NO2S. The summed E-state index contributed by atoms with van der Waals surface area (Å²) in [6.45, 7) is 2.57. The average Bonchev–Trinajstić information content (AvgIpc) is 2.90. The van der Waals surface area contributed by atoms with Gasteiger partial charge in [0.15, 0.2) is 0 Å². The maximum atomic E-state index is 12.5. The predicted molar refractivity (Wildman–Crippen MR) is 103 cm³/mol. The number of hydrogen-bond donors (Lipinski definition) is 0. The van der Waals surface area contributed by atoms with Gasteiger partial charge < -0.3 is 0 Å². The van der Waals surface area contributed by atoms with Crippen molar-refractivity contribution >= 4 is 29.0 Å². The Kier molecular flexibility index (Phi) is 5.71. The van der Waals surface area contributed by atoms with Crippen LogP contribution >= 0.6 is 11.8 Å². The van der Waals surface area contributed by atoms with Gasteiger partial charge in [0, 0.05) is 6.54 Å². The molecule has 128 valence electrons. The molecule has 0 aromatic heterocycles. The number of aryl methyl sites for hydroxylation is 2. The molecule has 1 aliphatic rings. The van der Waals surface area contributed by atoms with Crippen LogP contribution in [-0.4, -0.2) is 22.6 Å². The number of amides is 2. The lowest BCUT2D eigenvalue weighted by Gasteiger charge is -2.12. The quantitative estimate of drug-likeness (QED) is 0.693. The van der Waals surface area contributed by atoms with E-state index in [1.54, 1.807) is 0 Å². The highest BCUT2D eigenvalue weighted by Gasteiger charge is 2.34. The van der Waals surface area contributed by atoms with Crippen molar-refractivity contribution in [1.82, 2.24) is 4.90 Å². The second-order valence-electron chi connectivity index (χ2n) is 6.02. The van der Waals surface area contributed by atoms with Gasteiger partial charge in [-0.3, -0.25) is 14.5 Å². The van der Waals surface area contributed by atoms with E-state index in [0.29, 0.717) is 11.4 Å². The molecule has 0 atom stereocenters. The summed E-state index contributed by atoms with van der Waals surface area (Å²) < 4.78 is 0. The van der Waals surface area contributed by atoms with Crippen molar-refractivity contribution in [2.75, 3.05) is 6.54 Å². The minimum absolute atomic E-state index is 0.172. The Morgan fingerprint density at radius 3 is 2.36 bits per heavy atom. The summed E-state index contributed by atoms with van der Waals surface area (Å²) in [4.78, 5) is 26.5. The van der Waals surface area contributed by atoms with E-state index in [1.165, 1.54) is 16.0 Å². The molecule has 1 aliphatic heterocycles. The highest BCUT2D eigenvalue weighted by Crippen LogP contribution is 2.32. The zero-order valence-corrected chi connectivity index (χ0v) is 15.1. The lowest BCUT2D eigenvalue weighted by atomic mass is 10.1. The van der Waals surface area contributed by atoms with Crippen LogP contribution in [0.1, 0.15) is 30.0 Å². The maximum Gasteiger partial charge on any atom is 0.293 e. The minimum atomic E-state index is -0.178. The van der Waals surface area contributed by atoms with Gasteiger partial charge in [0.2, 0.25) is 0 Å². The van der Waals surface area contributed by atoms with Gasteiger partial charge in [-0.15, -0.1) is 0 Å². The molecule has 2 aromatic rings. The van der Waals surface area contributed by atoms with E-state index in [4.69, 9.17) is 0 Å². The van der Waals surface area contributed by atoms with Crippen molar-refractivity contribution in [3.63, 3.8) is 0 Å². The third-order valence-electron chi connectivity index (χ3n) is 4.25. The molecule has 0 spiro atoms. The zero-order valence-electron chi connectivity index (χ0n) is 14.3. The third kappa shape index (κ3) is 4.40. The van der Waals surface area contributed by atoms with Crippen molar-refractivity contribution in [3.05, 3.63) is 76.2 Å². The summed E-state index contributed by atoms with van der Waals surface area (Å²) in [6.07, 6.45) is 4.43. The van der Waals surface area contributed by atoms with Crippen molar-refractivity contribution in [1.29, 1.82) is 0 Å². The molecule has 0 N–H and O–H groups in total. The number of hydrogen-bond acceptors (Lipinski definition) is 3. The van der Waals surface area contributed by atoms with Crippen LogP contribution in [0.3, 0.4) is 0 Å². The smallest absolute Gasteiger partial charge is 0.268 e. The van der Waals surface area contributed by atoms with Gasteiger partial charge in [0.25, 0.3) is 11.1 Å². The topological polar surface area (TPSA) is 37.4 Å². The van der Waals surface area contributed by atoms with Gasteiger partial charge in [-0.1, -0.05) is 61.5 Å². The number of nitrogens with zero attached hydrogens (tertiary/aromatic N) is 1. The van der Waals surface area contributed by atoms with Crippen LogP contribution in [0, 0.1) is 0 Å². The molecule has 0 bridgehead atoms. The van der Waals surface area contributed by atoms with Gasteiger partial charge in [0.1, 0.15) is 0 Å². The fraction of sp³-hybridized carbons (Fsp3) is 0.238. The van der Waals surface area contributed by atoms with Gasteiger partial charge >= 0.3 is 0 Å². The summed E-state index contributed by atoms with van der Waals surface area (Å²) in [5.74, 6) is -0.178. The number of thioether (sulfide) groups is 1. The van der Waals surface area contributed by atoms with E-state index in [0.717, 1.165) is 36.6 Å². The summed E-state index contributed by atoms with van der Waals surface area (Å²) in [7, 11) is 0. The van der Waals surface area contributed by atoms with Crippen LogP contribution in [0.15, 0.2) is 59.5 Å². The predicted octanol–water partition coefficient (Wildman–Crippen LogP) is 4.92. The van der Waals surface area contributed by atoms with Gasteiger partial charge in [0.05, 0.1) is 4.91 Å². The molecule has 25 heavy (non-hydrogen) atoms. The summed E-state index contributed by atoms with van der Waals surface area (Å²) in [5, 5.41) is -0.172. The lowest BCUT2D eigenvalue weighted by Crippen LogP contribution is -2.29. The Bertz CT molecular complexity index is 781. The first-order valence-corrected chi connectivity index (χ1v) is 9.37. The Hall–Kier alpha value is -2.33. The molecule has 0 saturated carbocycles. The highest BCUT2D eigenvalue weighted by atomic mass is 32.2. The fourth-order valence-corrected chi connectivity index (χ4v) is 3.64. The van der Waals surface area contributed by atoms with Crippen LogP contribution in [0.4, 0.5) is 4.79 Å². The molecule has 0 radical (unpaired) electrons. The van der Waals surface area contributed by atoms with Gasteiger partial charge in [-0.25, -0.2) is 0 Å². The summed E-state index contributed by atoms with van der Waals surface area (Å²) in [6, 6.07) is 18.2. The molecule has 1 saturated heterocycles. The zero-order chi connectivity index (χ0) is 17.6. The maximum absolute atomic E-state index is 12.5. The number of benzene rings is 2. The standard InChI is InChI=1S/C21H21NO2S/c1-2-16-10-12-18(13-11-16)15-19-20(23)22(21(24)25-19)14-6-9-17-7-4-3-5-8-17/h3-5,7-8,10-13,15H,2,6,9,14H2,1H3/b19-15-. The monoisotopic (exact) mass is 351 g/mol. The molecule has 1 heterocycles. The number of imide groups is 1.